The van der Waals surface area contributed by atoms with Crippen molar-refractivity contribution in [1.29, 1.82) is 0 Å². The number of hydrogen-bond donors (Lipinski definition) is 1. The molecular formula is C11H12ClFN2S. The van der Waals surface area contributed by atoms with Crippen molar-refractivity contribution in [2.75, 3.05) is 11.1 Å². The molecule has 1 aliphatic heterocycles. The first-order valence-electron chi connectivity index (χ1n) is 5.08. The quantitative estimate of drug-likeness (QED) is 0.829. The number of hydrogen-bond acceptors (Lipinski definition) is 3. The van der Waals surface area contributed by atoms with Crippen LogP contribution in [0.1, 0.15) is 13.3 Å². The first-order chi connectivity index (χ1) is 7.65. The maximum absolute atomic E-state index is 12.8. The summed E-state index contributed by atoms with van der Waals surface area (Å²) in [7, 11) is 0. The van der Waals surface area contributed by atoms with Crippen molar-refractivity contribution in [2.24, 2.45) is 4.99 Å². The van der Waals surface area contributed by atoms with E-state index in [0.717, 1.165) is 17.3 Å². The Hall–Kier alpha value is -0.740. The minimum absolute atomic E-state index is 0.331. The van der Waals surface area contributed by atoms with Crippen molar-refractivity contribution < 1.29 is 4.39 Å². The second-order valence-electron chi connectivity index (χ2n) is 3.67. The van der Waals surface area contributed by atoms with Crippen LogP contribution in [0.25, 0.3) is 0 Å². The van der Waals surface area contributed by atoms with Crippen LogP contribution in [0, 0.1) is 5.82 Å². The van der Waals surface area contributed by atoms with E-state index in [2.05, 4.69) is 17.2 Å². The van der Waals surface area contributed by atoms with Gasteiger partial charge in [0, 0.05) is 5.75 Å². The average molecular weight is 259 g/mol. The Morgan fingerprint density at radius 3 is 3.06 bits per heavy atom. The van der Waals surface area contributed by atoms with Gasteiger partial charge in [0.1, 0.15) is 5.82 Å². The molecule has 0 aliphatic carbocycles. The molecule has 0 amide bonds. The summed E-state index contributed by atoms with van der Waals surface area (Å²) in [4.78, 5) is 4.46. The molecule has 1 atom stereocenters. The molecule has 0 fully saturated rings. The summed E-state index contributed by atoms with van der Waals surface area (Å²) in [5, 5.41) is 4.35. The first-order valence-corrected chi connectivity index (χ1v) is 6.44. The van der Waals surface area contributed by atoms with Crippen LogP contribution in [0.15, 0.2) is 23.2 Å². The summed E-state index contributed by atoms with van der Waals surface area (Å²) in [5.41, 5.74) is 0.698. The third kappa shape index (κ3) is 2.89. The van der Waals surface area contributed by atoms with Crippen LogP contribution in [0.4, 0.5) is 10.1 Å². The lowest BCUT2D eigenvalue weighted by Crippen LogP contribution is -2.18. The number of nitrogens with one attached hydrogen (secondary N) is 1. The van der Waals surface area contributed by atoms with Gasteiger partial charge in [-0.3, -0.25) is 4.99 Å². The molecule has 0 bridgehead atoms. The zero-order valence-electron chi connectivity index (χ0n) is 8.84. The van der Waals surface area contributed by atoms with Crippen molar-refractivity contribution in [2.45, 2.75) is 19.4 Å². The van der Waals surface area contributed by atoms with E-state index in [1.54, 1.807) is 17.8 Å². The maximum atomic E-state index is 12.8. The number of nitrogens with zero attached hydrogens (tertiary/aromatic N) is 1. The SMILES string of the molecule is CC1CCSC(Nc2ccc(F)cc2Cl)=N1. The highest BCUT2D eigenvalue weighted by Gasteiger charge is 2.12. The zero-order chi connectivity index (χ0) is 11.5. The van der Waals surface area contributed by atoms with Crippen molar-refractivity contribution in [1.82, 2.24) is 0 Å². The predicted octanol–water partition coefficient (Wildman–Crippen LogP) is 3.77. The Balaban J connectivity index is 2.14. The number of benzene rings is 1. The Morgan fingerprint density at radius 2 is 2.38 bits per heavy atom. The molecule has 0 aromatic heterocycles. The van der Waals surface area contributed by atoms with Gasteiger partial charge in [-0.25, -0.2) is 4.39 Å². The molecule has 1 aliphatic rings. The van der Waals surface area contributed by atoms with Crippen LogP contribution >= 0.6 is 23.4 Å². The third-order valence-electron chi connectivity index (χ3n) is 2.28. The van der Waals surface area contributed by atoms with Crippen LogP contribution in [-0.2, 0) is 0 Å². The second-order valence-corrected chi connectivity index (χ2v) is 5.16. The maximum Gasteiger partial charge on any atom is 0.161 e. The van der Waals surface area contributed by atoms with Crippen molar-refractivity contribution >= 4 is 34.2 Å². The molecule has 5 heteroatoms. The second kappa shape index (κ2) is 5.06. The lowest BCUT2D eigenvalue weighted by molar-refractivity contribution is 0.628. The molecule has 0 saturated carbocycles. The lowest BCUT2D eigenvalue weighted by atomic mass is 10.3. The fourth-order valence-corrected chi connectivity index (χ4v) is 2.71. The van der Waals surface area contributed by atoms with Crippen LogP contribution in [0.3, 0.4) is 0 Å². The molecule has 0 spiro atoms. The van der Waals surface area contributed by atoms with E-state index in [9.17, 15) is 4.39 Å². The Morgan fingerprint density at radius 1 is 1.56 bits per heavy atom. The standard InChI is InChI=1S/C11H12ClFN2S/c1-7-4-5-16-11(14-7)15-10-3-2-8(13)6-9(10)12/h2-3,6-7H,4-5H2,1H3,(H,14,15). The molecule has 1 heterocycles. The number of amidine groups is 1. The van der Waals surface area contributed by atoms with Crippen LogP contribution < -0.4 is 5.32 Å². The van der Waals surface area contributed by atoms with E-state index >= 15 is 0 Å². The number of rotatable bonds is 1. The van der Waals surface area contributed by atoms with E-state index in [4.69, 9.17) is 11.6 Å². The molecular weight excluding hydrogens is 247 g/mol. The van der Waals surface area contributed by atoms with E-state index in [1.165, 1.54) is 12.1 Å². The van der Waals surface area contributed by atoms with Crippen molar-refractivity contribution in [3.05, 3.63) is 29.0 Å². The van der Waals surface area contributed by atoms with Gasteiger partial charge in [0.2, 0.25) is 0 Å². The molecule has 0 radical (unpaired) electrons. The van der Waals surface area contributed by atoms with Gasteiger partial charge in [0.25, 0.3) is 0 Å². The van der Waals surface area contributed by atoms with Gasteiger partial charge in [-0.05, 0) is 31.5 Å². The summed E-state index contributed by atoms with van der Waals surface area (Å²) in [6, 6.07) is 4.63. The van der Waals surface area contributed by atoms with Gasteiger partial charge < -0.3 is 5.32 Å². The minimum Gasteiger partial charge on any atom is -0.334 e. The fourth-order valence-electron chi connectivity index (χ4n) is 1.40. The highest BCUT2D eigenvalue weighted by molar-refractivity contribution is 8.14. The summed E-state index contributed by atoms with van der Waals surface area (Å²) >= 11 is 7.58. The third-order valence-corrected chi connectivity index (χ3v) is 3.52. The molecule has 2 rings (SSSR count). The van der Waals surface area contributed by atoms with E-state index in [0.29, 0.717) is 16.8 Å². The lowest BCUT2D eigenvalue weighted by Gasteiger charge is -2.18. The first kappa shape index (κ1) is 11.7. The van der Waals surface area contributed by atoms with Gasteiger partial charge in [-0.2, -0.15) is 0 Å². The molecule has 0 saturated heterocycles. The minimum atomic E-state index is -0.331. The van der Waals surface area contributed by atoms with E-state index < -0.39 is 0 Å². The monoisotopic (exact) mass is 258 g/mol. The average Bonchev–Trinajstić information content (AvgIpc) is 2.22. The molecule has 86 valence electrons. The topological polar surface area (TPSA) is 24.4 Å². The number of halogens is 2. The van der Waals surface area contributed by atoms with Gasteiger partial charge in [-0.15, -0.1) is 0 Å². The van der Waals surface area contributed by atoms with Crippen LogP contribution in [0.2, 0.25) is 5.02 Å². The highest BCUT2D eigenvalue weighted by Crippen LogP contribution is 2.25. The van der Waals surface area contributed by atoms with E-state index in [-0.39, 0.29) is 5.82 Å². The largest absolute Gasteiger partial charge is 0.334 e. The zero-order valence-corrected chi connectivity index (χ0v) is 10.4. The smallest absolute Gasteiger partial charge is 0.161 e. The summed E-state index contributed by atoms with van der Waals surface area (Å²) in [6.07, 6.45) is 1.09. The fraction of sp³-hybridized carbons (Fsp3) is 0.364. The molecule has 2 nitrogen and oxygen atoms in total. The van der Waals surface area contributed by atoms with Crippen LogP contribution in [0.5, 0.6) is 0 Å². The molecule has 1 aromatic carbocycles. The van der Waals surface area contributed by atoms with E-state index in [1.807, 2.05) is 0 Å². The molecule has 1 N–H and O–H groups in total. The Bertz CT molecular complexity index is 422. The molecule has 16 heavy (non-hydrogen) atoms. The summed E-state index contributed by atoms with van der Waals surface area (Å²) in [6.45, 7) is 2.08. The number of thioether (sulfide) groups is 1. The van der Waals surface area contributed by atoms with Gasteiger partial charge in [-0.1, -0.05) is 23.4 Å². The predicted molar refractivity (Wildman–Crippen MR) is 69.0 cm³/mol. The number of anilines is 1. The molecule has 1 aromatic rings. The van der Waals surface area contributed by atoms with Gasteiger partial charge in [0.15, 0.2) is 5.17 Å². The van der Waals surface area contributed by atoms with Crippen molar-refractivity contribution in [3.63, 3.8) is 0 Å². The summed E-state index contributed by atoms with van der Waals surface area (Å²) < 4.78 is 12.8. The van der Waals surface area contributed by atoms with Crippen molar-refractivity contribution in [3.8, 4) is 0 Å². The van der Waals surface area contributed by atoms with Gasteiger partial charge in [0.05, 0.1) is 16.8 Å². The Labute approximate surface area is 103 Å². The van der Waals surface area contributed by atoms with Gasteiger partial charge >= 0.3 is 0 Å². The normalized spacial score (nSPS) is 20.4. The van der Waals surface area contributed by atoms with Crippen LogP contribution in [-0.4, -0.2) is 17.0 Å². The molecule has 1 unspecified atom stereocenters. The Kier molecular flexibility index (Phi) is 3.71. The number of aliphatic imine (C=N–C) groups is 1. The highest BCUT2D eigenvalue weighted by atomic mass is 35.5. The summed E-state index contributed by atoms with van der Waals surface area (Å²) in [5.74, 6) is 0.716.